The van der Waals surface area contributed by atoms with Crippen LogP contribution in [0.3, 0.4) is 0 Å². The molecule has 1 aliphatic carbocycles. The summed E-state index contributed by atoms with van der Waals surface area (Å²) < 4.78 is 13.5. The van der Waals surface area contributed by atoms with Gasteiger partial charge < -0.3 is 9.47 Å². The maximum Gasteiger partial charge on any atom is 0.335 e. The third-order valence-corrected chi connectivity index (χ3v) is 6.09. The highest BCUT2D eigenvalue weighted by molar-refractivity contribution is 6.30. The lowest BCUT2D eigenvalue weighted by Gasteiger charge is -2.33. The first-order valence-corrected chi connectivity index (χ1v) is 11.9. The van der Waals surface area contributed by atoms with Crippen molar-refractivity contribution in [3.63, 3.8) is 0 Å². The highest BCUT2D eigenvalue weighted by atomic mass is 35.5. The molecule has 0 amide bonds. The van der Waals surface area contributed by atoms with Crippen molar-refractivity contribution in [2.45, 2.75) is 45.9 Å². The Hall–Kier alpha value is -3.59. The van der Waals surface area contributed by atoms with E-state index in [0.717, 1.165) is 10.1 Å². The second-order valence-corrected chi connectivity index (χ2v) is 8.70. The number of carbonyl (C=O) groups is 1. The molecule has 0 spiro atoms. The van der Waals surface area contributed by atoms with Crippen molar-refractivity contribution in [2.24, 2.45) is 10.9 Å². The summed E-state index contributed by atoms with van der Waals surface area (Å²) in [5, 5.41) is 0.594. The van der Waals surface area contributed by atoms with Crippen molar-refractivity contribution in [1.29, 1.82) is 0 Å². The lowest BCUT2D eigenvalue weighted by Crippen LogP contribution is -2.49. The summed E-state index contributed by atoms with van der Waals surface area (Å²) in [6, 6.07) is 14.2. The minimum Gasteiger partial charge on any atom is -0.490 e. The van der Waals surface area contributed by atoms with Crippen LogP contribution in [0, 0.1) is 5.92 Å². The summed E-state index contributed by atoms with van der Waals surface area (Å²) in [6.07, 6.45) is 1.22. The summed E-state index contributed by atoms with van der Waals surface area (Å²) in [7, 11) is 0. The molecule has 0 atom stereocenters. The number of H-pyrrole nitrogens is 1. The second kappa shape index (κ2) is 10.8. The molecular formula is C25H27ClN4O5. The molecule has 1 saturated carbocycles. The molecule has 10 heteroatoms. The Morgan fingerprint density at radius 3 is 2.37 bits per heavy atom. The highest BCUT2D eigenvalue weighted by Gasteiger charge is 2.37. The van der Waals surface area contributed by atoms with Crippen LogP contribution in [0.15, 0.2) is 63.1 Å². The molecule has 1 aromatic heterocycles. The number of aromatic amines is 1. The van der Waals surface area contributed by atoms with Crippen LogP contribution in [0.1, 0.15) is 32.3 Å². The van der Waals surface area contributed by atoms with E-state index in [9.17, 15) is 14.4 Å². The van der Waals surface area contributed by atoms with Gasteiger partial charge in [0.05, 0.1) is 24.8 Å². The Balaban J connectivity index is 1.56. The summed E-state index contributed by atoms with van der Waals surface area (Å²) in [4.78, 5) is 44.4. The number of nitrogens with one attached hydrogen (secondary N) is 1. The monoisotopic (exact) mass is 498 g/mol. The molecule has 0 saturated heterocycles. The molecule has 1 aliphatic rings. The van der Waals surface area contributed by atoms with Gasteiger partial charge in [-0.05, 0) is 68.7 Å². The Kier molecular flexibility index (Phi) is 7.55. The Labute approximate surface area is 206 Å². The average Bonchev–Trinajstić information content (AvgIpc) is 2.81. The summed E-state index contributed by atoms with van der Waals surface area (Å²) in [5.74, 6) is 0.375. The zero-order chi connectivity index (χ0) is 24.9. The van der Waals surface area contributed by atoms with E-state index in [1.807, 2.05) is 12.1 Å². The van der Waals surface area contributed by atoms with Crippen molar-refractivity contribution in [3.8, 4) is 5.75 Å². The molecule has 4 rings (SSSR count). The van der Waals surface area contributed by atoms with Gasteiger partial charge in [0.2, 0.25) is 5.62 Å². The van der Waals surface area contributed by atoms with E-state index in [1.54, 1.807) is 50.2 Å². The van der Waals surface area contributed by atoms with Gasteiger partial charge in [-0.2, -0.15) is 0 Å². The topological polar surface area (TPSA) is 108 Å². The number of nitrogens with zero attached hydrogens (tertiary/aromatic N) is 3. The highest BCUT2D eigenvalue weighted by Crippen LogP contribution is 2.32. The van der Waals surface area contributed by atoms with Crippen LogP contribution in [-0.4, -0.2) is 32.8 Å². The van der Waals surface area contributed by atoms with Gasteiger partial charge >= 0.3 is 17.3 Å². The Morgan fingerprint density at radius 1 is 1.06 bits per heavy atom. The first kappa shape index (κ1) is 24.5. The first-order valence-electron chi connectivity index (χ1n) is 11.5. The molecule has 2 aromatic carbocycles. The number of rotatable bonds is 8. The Bertz CT molecular complexity index is 1370. The SMILES string of the molecule is CCOC(=O)[C@H]1C[C@@H](Oc2ccc(/N=c3\[nH]c(=O)n(CC)c(=O)n3Cc3ccc(Cl)cc3)cc2)C1. The molecule has 1 heterocycles. The van der Waals surface area contributed by atoms with Crippen molar-refractivity contribution in [1.82, 2.24) is 14.1 Å². The molecule has 0 aliphatic heterocycles. The van der Waals surface area contributed by atoms with Crippen LogP contribution in [-0.2, 0) is 22.6 Å². The van der Waals surface area contributed by atoms with Crippen molar-refractivity contribution >= 4 is 23.3 Å². The molecule has 0 unspecified atom stereocenters. The third kappa shape index (κ3) is 5.74. The van der Waals surface area contributed by atoms with Gasteiger partial charge in [0.15, 0.2) is 0 Å². The van der Waals surface area contributed by atoms with Crippen LogP contribution in [0.5, 0.6) is 5.75 Å². The van der Waals surface area contributed by atoms with Gasteiger partial charge in [0, 0.05) is 11.6 Å². The van der Waals surface area contributed by atoms with Gasteiger partial charge in [0.1, 0.15) is 11.9 Å². The van der Waals surface area contributed by atoms with E-state index in [1.165, 1.54) is 4.57 Å². The van der Waals surface area contributed by atoms with Crippen LogP contribution in [0.25, 0.3) is 0 Å². The minimum absolute atomic E-state index is 0.0354. The predicted octanol–water partition coefficient (Wildman–Crippen LogP) is 3.01. The number of carbonyl (C=O) groups excluding carboxylic acids is 1. The summed E-state index contributed by atoms with van der Waals surface area (Å²) in [6.45, 7) is 4.36. The van der Waals surface area contributed by atoms with E-state index in [0.29, 0.717) is 35.9 Å². The largest absolute Gasteiger partial charge is 0.490 e. The molecule has 3 aromatic rings. The summed E-state index contributed by atoms with van der Waals surface area (Å²) in [5.41, 5.74) is 0.554. The molecular weight excluding hydrogens is 472 g/mol. The Morgan fingerprint density at radius 2 is 1.74 bits per heavy atom. The van der Waals surface area contributed by atoms with E-state index >= 15 is 0 Å². The average molecular weight is 499 g/mol. The predicted molar refractivity (Wildman–Crippen MR) is 131 cm³/mol. The molecule has 35 heavy (non-hydrogen) atoms. The number of esters is 1. The lowest BCUT2D eigenvalue weighted by molar-refractivity contribution is -0.154. The molecule has 0 radical (unpaired) electrons. The fourth-order valence-electron chi connectivity index (χ4n) is 3.86. The minimum atomic E-state index is -0.523. The van der Waals surface area contributed by atoms with Crippen LogP contribution in [0.4, 0.5) is 5.69 Å². The van der Waals surface area contributed by atoms with E-state index in [-0.39, 0.29) is 36.7 Å². The number of hydrogen-bond donors (Lipinski definition) is 1. The first-order chi connectivity index (χ1) is 16.9. The molecule has 1 fully saturated rings. The van der Waals surface area contributed by atoms with Gasteiger partial charge in [-0.1, -0.05) is 23.7 Å². The van der Waals surface area contributed by atoms with Crippen molar-refractivity contribution < 1.29 is 14.3 Å². The quantitative estimate of drug-likeness (QED) is 0.480. The second-order valence-electron chi connectivity index (χ2n) is 8.26. The third-order valence-electron chi connectivity index (χ3n) is 5.84. The fraction of sp³-hybridized carbons (Fsp3) is 0.360. The number of aromatic nitrogens is 3. The van der Waals surface area contributed by atoms with Crippen LogP contribution >= 0.6 is 11.6 Å². The van der Waals surface area contributed by atoms with Gasteiger partial charge in [-0.3, -0.25) is 14.3 Å². The molecule has 184 valence electrons. The molecule has 0 bridgehead atoms. The van der Waals surface area contributed by atoms with Gasteiger partial charge in [-0.25, -0.2) is 19.1 Å². The number of ether oxygens (including phenoxy) is 2. The molecule has 9 nitrogen and oxygen atoms in total. The van der Waals surface area contributed by atoms with E-state index < -0.39 is 11.4 Å². The van der Waals surface area contributed by atoms with Crippen molar-refractivity contribution in [2.75, 3.05) is 6.61 Å². The standard InChI is InChI=1S/C25H27ClN4O5/c1-3-29-24(32)28-23(30(25(29)33)15-16-5-7-18(26)8-6-16)27-19-9-11-20(12-10-19)35-21-13-17(14-21)22(31)34-4-2/h5-12,17,21H,3-4,13-15H2,1-2H3,(H,27,28,32)/t17-,21+. The number of halogens is 1. The fourth-order valence-corrected chi connectivity index (χ4v) is 3.99. The van der Waals surface area contributed by atoms with Gasteiger partial charge in [0.25, 0.3) is 0 Å². The maximum absolute atomic E-state index is 13.0. The van der Waals surface area contributed by atoms with Crippen molar-refractivity contribution in [3.05, 3.63) is 85.7 Å². The van der Waals surface area contributed by atoms with E-state index in [2.05, 4.69) is 9.98 Å². The van der Waals surface area contributed by atoms with Crippen LogP contribution in [0.2, 0.25) is 5.02 Å². The van der Waals surface area contributed by atoms with Gasteiger partial charge in [-0.15, -0.1) is 0 Å². The maximum atomic E-state index is 13.0. The lowest BCUT2D eigenvalue weighted by atomic mass is 9.82. The normalized spacial score (nSPS) is 17.6. The number of benzene rings is 2. The zero-order valence-corrected chi connectivity index (χ0v) is 20.3. The van der Waals surface area contributed by atoms with E-state index in [4.69, 9.17) is 21.1 Å². The summed E-state index contributed by atoms with van der Waals surface area (Å²) >= 11 is 5.97. The number of hydrogen-bond acceptors (Lipinski definition) is 6. The zero-order valence-electron chi connectivity index (χ0n) is 19.6. The van der Waals surface area contributed by atoms with Crippen LogP contribution < -0.4 is 21.7 Å². The smallest absolute Gasteiger partial charge is 0.335 e. The molecule has 1 N–H and O–H groups in total.